The maximum Gasteiger partial charge on any atom is 0.308 e. The van der Waals surface area contributed by atoms with Crippen molar-refractivity contribution < 1.29 is 66.5 Å². The number of fused-ring (bicyclic) bond motifs is 1. The molecule has 0 saturated carbocycles. The van der Waals surface area contributed by atoms with E-state index in [1.54, 1.807) is 42.5 Å². The SMILES string of the molecule is CC(C)(C)OC(=O)CCOCCOCCOCCOc1cc(CN2C(=O)c3ccccc3C2=O)cc(OCCOCCOCCOCCC(=O)OC(C)(C)C)c1. The number of carbonyl (C=O) groups excluding carboxylic acids is 4. The Hall–Kier alpha value is -4.12. The first-order valence-electron chi connectivity index (χ1n) is 19.0. The normalized spacial score (nSPS) is 12.9. The molecule has 0 bridgehead atoms. The molecule has 1 heterocycles. The molecule has 0 N–H and O–H groups in total. The van der Waals surface area contributed by atoms with Gasteiger partial charge in [0.1, 0.15) is 35.9 Å². The summed E-state index contributed by atoms with van der Waals surface area (Å²) in [5.74, 6) is -0.341. The second-order valence-corrected chi connectivity index (χ2v) is 14.6. The Kier molecular flexibility index (Phi) is 20.2. The molecule has 0 unspecified atom stereocenters. The molecule has 312 valence electrons. The van der Waals surface area contributed by atoms with E-state index < -0.39 is 11.2 Å². The molecule has 0 saturated heterocycles. The monoisotopic (exact) mass is 789 g/mol. The highest BCUT2D eigenvalue weighted by atomic mass is 16.6. The number of carbonyl (C=O) groups is 4. The Labute approximate surface area is 330 Å². The molecule has 1 aliphatic rings. The summed E-state index contributed by atoms with van der Waals surface area (Å²) in [6, 6.07) is 12.0. The summed E-state index contributed by atoms with van der Waals surface area (Å²) in [6.07, 6.45) is 0.369. The second-order valence-electron chi connectivity index (χ2n) is 14.6. The highest BCUT2D eigenvalue weighted by Gasteiger charge is 2.35. The van der Waals surface area contributed by atoms with Crippen LogP contribution in [0.2, 0.25) is 0 Å². The zero-order chi connectivity index (χ0) is 40.8. The van der Waals surface area contributed by atoms with Gasteiger partial charge in [0.2, 0.25) is 0 Å². The van der Waals surface area contributed by atoms with Gasteiger partial charge in [0.15, 0.2) is 0 Å². The first kappa shape index (κ1) is 46.3. The van der Waals surface area contributed by atoms with Gasteiger partial charge in [0.05, 0.1) is 110 Å². The third kappa shape index (κ3) is 19.2. The predicted molar refractivity (Wildman–Crippen MR) is 204 cm³/mol. The van der Waals surface area contributed by atoms with Crippen LogP contribution in [0.4, 0.5) is 0 Å². The molecule has 1 aliphatic heterocycles. The third-order valence-electron chi connectivity index (χ3n) is 7.38. The molecule has 0 atom stereocenters. The number of hydrogen-bond donors (Lipinski definition) is 0. The second kappa shape index (κ2) is 24.5. The van der Waals surface area contributed by atoms with Crippen LogP contribution < -0.4 is 9.47 Å². The Balaban J connectivity index is 1.35. The van der Waals surface area contributed by atoms with Gasteiger partial charge in [0.25, 0.3) is 11.8 Å². The predicted octanol–water partition coefficient (Wildman–Crippen LogP) is 4.80. The van der Waals surface area contributed by atoms with Crippen molar-refractivity contribution >= 4 is 23.8 Å². The highest BCUT2D eigenvalue weighted by Crippen LogP contribution is 2.28. The number of nitrogens with zero attached hydrogens (tertiary/aromatic N) is 1. The minimum atomic E-state index is -0.516. The molecule has 15 heteroatoms. The van der Waals surface area contributed by atoms with Gasteiger partial charge >= 0.3 is 11.9 Å². The number of hydrogen-bond acceptors (Lipinski definition) is 14. The quantitative estimate of drug-likeness (QED) is 0.0656. The van der Waals surface area contributed by atoms with E-state index in [1.165, 1.54) is 4.90 Å². The summed E-state index contributed by atoms with van der Waals surface area (Å²) >= 11 is 0. The van der Waals surface area contributed by atoms with Crippen molar-refractivity contribution in [3.05, 3.63) is 59.2 Å². The number of benzene rings is 2. The summed E-state index contributed by atoms with van der Waals surface area (Å²) in [5.41, 5.74) is 0.368. The van der Waals surface area contributed by atoms with Crippen molar-refractivity contribution in [1.82, 2.24) is 4.90 Å². The fourth-order valence-electron chi connectivity index (χ4n) is 5.07. The maximum atomic E-state index is 13.0. The van der Waals surface area contributed by atoms with E-state index in [1.807, 2.05) is 41.5 Å². The molecule has 0 radical (unpaired) electrons. The lowest BCUT2D eigenvalue weighted by Crippen LogP contribution is -2.29. The summed E-state index contributed by atoms with van der Waals surface area (Å²) in [4.78, 5) is 50.7. The van der Waals surface area contributed by atoms with Gasteiger partial charge in [-0.15, -0.1) is 0 Å². The van der Waals surface area contributed by atoms with Crippen LogP contribution >= 0.6 is 0 Å². The van der Waals surface area contributed by atoms with Crippen molar-refractivity contribution in [2.24, 2.45) is 0 Å². The fraction of sp³-hybridized carbons (Fsp3) is 0.610. The van der Waals surface area contributed by atoms with E-state index in [2.05, 4.69) is 0 Å². The molecule has 2 amide bonds. The number of rotatable bonds is 28. The van der Waals surface area contributed by atoms with E-state index in [-0.39, 0.29) is 69.6 Å². The van der Waals surface area contributed by atoms with Crippen LogP contribution in [0.3, 0.4) is 0 Å². The molecule has 0 spiro atoms. The smallest absolute Gasteiger partial charge is 0.308 e. The first-order chi connectivity index (χ1) is 26.7. The molecule has 56 heavy (non-hydrogen) atoms. The molecule has 0 aliphatic carbocycles. The number of amides is 2. The third-order valence-corrected chi connectivity index (χ3v) is 7.38. The molecule has 0 fully saturated rings. The summed E-state index contributed by atoms with van der Waals surface area (Å²) < 4.78 is 55.5. The van der Waals surface area contributed by atoms with Crippen LogP contribution in [-0.2, 0) is 54.0 Å². The molecule has 3 rings (SSSR count). The van der Waals surface area contributed by atoms with E-state index in [0.29, 0.717) is 94.3 Å². The number of ether oxygens (including phenoxy) is 10. The average Bonchev–Trinajstić information content (AvgIpc) is 3.35. The Morgan fingerprint density at radius 2 is 0.839 bits per heavy atom. The lowest BCUT2D eigenvalue weighted by atomic mass is 10.1. The van der Waals surface area contributed by atoms with Gasteiger partial charge in [-0.2, -0.15) is 0 Å². The largest absolute Gasteiger partial charge is 0.491 e. The van der Waals surface area contributed by atoms with Crippen molar-refractivity contribution in [2.45, 2.75) is 72.1 Å². The molecular formula is C41H59NO14. The fourth-order valence-corrected chi connectivity index (χ4v) is 5.07. The molecule has 15 nitrogen and oxygen atoms in total. The van der Waals surface area contributed by atoms with Gasteiger partial charge in [-0.05, 0) is 71.4 Å². The maximum absolute atomic E-state index is 13.0. The zero-order valence-electron chi connectivity index (χ0n) is 33.7. The molecule has 2 aromatic rings. The van der Waals surface area contributed by atoms with Crippen LogP contribution in [0.5, 0.6) is 11.5 Å². The van der Waals surface area contributed by atoms with Crippen LogP contribution in [-0.4, -0.2) is 132 Å². The van der Waals surface area contributed by atoms with Crippen molar-refractivity contribution in [2.75, 3.05) is 92.5 Å². The van der Waals surface area contributed by atoms with Crippen molar-refractivity contribution in [3.63, 3.8) is 0 Å². The molecule has 2 aromatic carbocycles. The molecule has 0 aromatic heterocycles. The standard InChI is InChI=1S/C41H59NO14/c1-40(2,3)55-36(43)11-13-47-15-17-49-19-21-51-23-25-53-32-27-31(30-42-38(45)34-9-7-8-10-35(34)39(42)46)28-33(29-32)54-26-24-52-22-20-50-18-16-48-14-12-37(44)56-41(4,5)6/h7-10,27-29H,11-26,30H2,1-6H3. The van der Waals surface area contributed by atoms with Crippen molar-refractivity contribution in [3.8, 4) is 11.5 Å². The van der Waals surface area contributed by atoms with Crippen molar-refractivity contribution in [1.29, 1.82) is 0 Å². The van der Waals surface area contributed by atoms with Crippen LogP contribution in [0.1, 0.15) is 80.7 Å². The van der Waals surface area contributed by atoms with Crippen LogP contribution in [0.15, 0.2) is 42.5 Å². The van der Waals surface area contributed by atoms with E-state index in [9.17, 15) is 19.2 Å². The van der Waals surface area contributed by atoms with Gasteiger partial charge in [-0.25, -0.2) is 0 Å². The Bertz CT molecular complexity index is 1410. The van der Waals surface area contributed by atoms with Gasteiger partial charge < -0.3 is 47.4 Å². The van der Waals surface area contributed by atoms with Crippen LogP contribution in [0, 0.1) is 0 Å². The van der Waals surface area contributed by atoms with E-state index in [0.717, 1.165) is 0 Å². The van der Waals surface area contributed by atoms with Crippen LogP contribution in [0.25, 0.3) is 0 Å². The lowest BCUT2D eigenvalue weighted by molar-refractivity contribution is -0.157. The van der Waals surface area contributed by atoms with E-state index >= 15 is 0 Å². The summed E-state index contributed by atoms with van der Waals surface area (Å²) in [6.45, 7) is 15.4. The topological polar surface area (TPSA) is 164 Å². The van der Waals surface area contributed by atoms with Gasteiger partial charge in [-0.1, -0.05) is 12.1 Å². The number of imide groups is 1. The van der Waals surface area contributed by atoms with Gasteiger partial charge in [-0.3, -0.25) is 24.1 Å². The highest BCUT2D eigenvalue weighted by molar-refractivity contribution is 6.21. The lowest BCUT2D eigenvalue weighted by Gasteiger charge is -2.19. The Morgan fingerprint density at radius 1 is 0.500 bits per heavy atom. The Morgan fingerprint density at radius 3 is 1.20 bits per heavy atom. The average molecular weight is 790 g/mol. The van der Waals surface area contributed by atoms with E-state index in [4.69, 9.17) is 47.4 Å². The summed E-state index contributed by atoms with van der Waals surface area (Å²) in [7, 11) is 0. The minimum Gasteiger partial charge on any atom is -0.491 e. The minimum absolute atomic E-state index is 0.0387. The molecular weight excluding hydrogens is 730 g/mol. The first-order valence-corrected chi connectivity index (χ1v) is 19.0. The number of esters is 2. The zero-order valence-corrected chi connectivity index (χ0v) is 33.7. The summed E-state index contributed by atoms with van der Waals surface area (Å²) in [5, 5.41) is 0. The van der Waals surface area contributed by atoms with Gasteiger partial charge in [0, 0.05) is 6.07 Å².